The van der Waals surface area contributed by atoms with Crippen molar-refractivity contribution in [1.82, 2.24) is 9.97 Å². The summed E-state index contributed by atoms with van der Waals surface area (Å²) in [5, 5.41) is 2.81. The minimum atomic E-state index is -4.61. The first-order valence-electron chi connectivity index (χ1n) is 6.93. The van der Waals surface area contributed by atoms with Crippen molar-refractivity contribution in [3.63, 3.8) is 0 Å². The molecule has 1 aliphatic heterocycles. The van der Waals surface area contributed by atoms with Crippen molar-refractivity contribution in [2.75, 3.05) is 25.1 Å². The van der Waals surface area contributed by atoms with Gasteiger partial charge in [0.2, 0.25) is 11.7 Å². The average molecular weight is 305 g/mol. The van der Waals surface area contributed by atoms with Gasteiger partial charge < -0.3 is 14.8 Å². The molecule has 2 rings (SSSR count). The highest BCUT2D eigenvalue weighted by Gasteiger charge is 2.35. The van der Waals surface area contributed by atoms with Gasteiger partial charge in [-0.05, 0) is 19.3 Å². The van der Waals surface area contributed by atoms with Gasteiger partial charge in [-0.1, -0.05) is 6.92 Å². The van der Waals surface area contributed by atoms with Gasteiger partial charge in [-0.25, -0.2) is 4.98 Å². The molecule has 21 heavy (non-hydrogen) atoms. The van der Waals surface area contributed by atoms with Gasteiger partial charge in [0, 0.05) is 19.2 Å². The summed E-state index contributed by atoms with van der Waals surface area (Å²) in [4.78, 5) is 6.88. The number of aromatic nitrogens is 2. The van der Waals surface area contributed by atoms with E-state index in [0.29, 0.717) is 13.2 Å². The number of hydrogen-bond acceptors (Lipinski definition) is 5. The summed E-state index contributed by atoms with van der Waals surface area (Å²) in [7, 11) is 0. The number of halogens is 3. The van der Waals surface area contributed by atoms with E-state index in [4.69, 9.17) is 9.47 Å². The van der Waals surface area contributed by atoms with Crippen molar-refractivity contribution in [2.24, 2.45) is 0 Å². The van der Waals surface area contributed by atoms with Crippen LogP contribution in [-0.4, -0.2) is 35.8 Å². The lowest BCUT2D eigenvalue weighted by Gasteiger charge is -2.14. The van der Waals surface area contributed by atoms with E-state index in [1.165, 1.54) is 6.07 Å². The molecule has 0 saturated carbocycles. The second-order valence-electron chi connectivity index (χ2n) is 4.79. The van der Waals surface area contributed by atoms with Crippen LogP contribution in [0.4, 0.5) is 19.0 Å². The number of nitrogens with zero attached hydrogens (tertiary/aromatic N) is 2. The summed E-state index contributed by atoms with van der Waals surface area (Å²) in [6.45, 7) is 3.30. The third-order valence-corrected chi connectivity index (χ3v) is 2.95. The molecule has 1 fully saturated rings. The zero-order valence-electron chi connectivity index (χ0n) is 11.7. The molecule has 1 unspecified atom stereocenters. The number of rotatable bonds is 6. The summed E-state index contributed by atoms with van der Waals surface area (Å²) in [6, 6.07) is 1.37. The highest BCUT2D eigenvalue weighted by atomic mass is 19.4. The van der Waals surface area contributed by atoms with Gasteiger partial charge in [0.05, 0.1) is 6.10 Å². The average Bonchev–Trinajstić information content (AvgIpc) is 2.95. The van der Waals surface area contributed by atoms with Gasteiger partial charge in [-0.2, -0.15) is 18.2 Å². The minimum absolute atomic E-state index is 0.0821. The maximum atomic E-state index is 12.8. The first kappa shape index (κ1) is 15.8. The van der Waals surface area contributed by atoms with Crippen LogP contribution < -0.4 is 10.1 Å². The molecule has 0 bridgehead atoms. The molecule has 1 saturated heterocycles. The molecule has 0 spiro atoms. The summed E-state index contributed by atoms with van der Waals surface area (Å²) >= 11 is 0. The van der Waals surface area contributed by atoms with Crippen LogP contribution in [0.3, 0.4) is 0 Å². The Bertz CT molecular complexity index is 462. The van der Waals surface area contributed by atoms with E-state index in [1.807, 2.05) is 6.92 Å². The summed E-state index contributed by atoms with van der Waals surface area (Å²) < 4.78 is 49.0. The predicted octanol–water partition coefficient (Wildman–Crippen LogP) is 2.88. The third kappa shape index (κ3) is 4.73. The first-order chi connectivity index (χ1) is 9.99. The van der Waals surface area contributed by atoms with Crippen LogP contribution in [-0.2, 0) is 10.9 Å². The van der Waals surface area contributed by atoms with Crippen LogP contribution in [0.1, 0.15) is 32.0 Å². The molecular formula is C13H18F3N3O2. The maximum absolute atomic E-state index is 12.8. The largest absolute Gasteiger partial charge is 0.475 e. The zero-order chi connectivity index (χ0) is 15.3. The molecule has 0 radical (unpaired) electrons. The molecule has 1 aromatic heterocycles. The van der Waals surface area contributed by atoms with Gasteiger partial charge in [0.1, 0.15) is 12.4 Å². The number of anilines is 1. The Kier molecular flexibility index (Phi) is 5.22. The van der Waals surface area contributed by atoms with Crippen molar-refractivity contribution in [2.45, 2.75) is 38.5 Å². The fourth-order valence-corrected chi connectivity index (χ4v) is 1.92. The molecular weight excluding hydrogens is 287 g/mol. The normalized spacial score (nSPS) is 18.8. The van der Waals surface area contributed by atoms with Crippen molar-refractivity contribution < 1.29 is 22.6 Å². The maximum Gasteiger partial charge on any atom is 0.451 e. The smallest absolute Gasteiger partial charge is 0.451 e. The molecule has 1 N–H and O–H groups in total. The van der Waals surface area contributed by atoms with E-state index in [9.17, 15) is 13.2 Å². The molecule has 0 aromatic carbocycles. The Morgan fingerprint density at radius 3 is 2.86 bits per heavy atom. The van der Waals surface area contributed by atoms with E-state index in [2.05, 4.69) is 15.3 Å². The van der Waals surface area contributed by atoms with Crippen LogP contribution in [0.2, 0.25) is 0 Å². The van der Waals surface area contributed by atoms with Gasteiger partial charge in [-0.15, -0.1) is 0 Å². The van der Waals surface area contributed by atoms with Crippen molar-refractivity contribution in [3.8, 4) is 5.88 Å². The van der Waals surface area contributed by atoms with Crippen LogP contribution in [0.15, 0.2) is 6.07 Å². The van der Waals surface area contributed by atoms with Crippen LogP contribution in [0.25, 0.3) is 0 Å². The Morgan fingerprint density at radius 1 is 1.43 bits per heavy atom. The molecule has 1 aliphatic rings. The lowest BCUT2D eigenvalue weighted by Crippen LogP contribution is -2.19. The molecule has 0 aliphatic carbocycles. The SMILES string of the molecule is CCCNc1cc(OCC2CCCO2)nc(C(F)(F)F)n1. The quantitative estimate of drug-likeness (QED) is 0.876. The summed E-state index contributed by atoms with van der Waals surface area (Å²) in [6.07, 6.45) is -2.13. The van der Waals surface area contributed by atoms with Crippen LogP contribution in [0, 0.1) is 0 Å². The summed E-state index contributed by atoms with van der Waals surface area (Å²) in [5.41, 5.74) is 0. The van der Waals surface area contributed by atoms with E-state index in [0.717, 1.165) is 19.3 Å². The van der Waals surface area contributed by atoms with Crippen molar-refractivity contribution >= 4 is 5.82 Å². The van der Waals surface area contributed by atoms with Gasteiger partial charge in [0.15, 0.2) is 0 Å². The van der Waals surface area contributed by atoms with Crippen molar-refractivity contribution in [1.29, 1.82) is 0 Å². The highest BCUT2D eigenvalue weighted by Crippen LogP contribution is 2.29. The lowest BCUT2D eigenvalue weighted by atomic mass is 10.2. The minimum Gasteiger partial charge on any atom is -0.475 e. The number of alkyl halides is 3. The van der Waals surface area contributed by atoms with Crippen molar-refractivity contribution in [3.05, 3.63) is 11.9 Å². The topological polar surface area (TPSA) is 56.3 Å². The number of ether oxygens (including phenoxy) is 2. The Labute approximate surface area is 120 Å². The van der Waals surface area contributed by atoms with Gasteiger partial charge >= 0.3 is 6.18 Å². The second kappa shape index (κ2) is 6.93. The molecule has 8 heteroatoms. The molecule has 5 nitrogen and oxygen atoms in total. The molecule has 1 atom stereocenters. The second-order valence-corrected chi connectivity index (χ2v) is 4.79. The fraction of sp³-hybridized carbons (Fsp3) is 0.692. The Balaban J connectivity index is 2.09. The monoisotopic (exact) mass is 305 g/mol. The fourth-order valence-electron chi connectivity index (χ4n) is 1.92. The Morgan fingerprint density at radius 2 is 2.24 bits per heavy atom. The van der Waals surface area contributed by atoms with E-state index in [1.54, 1.807) is 0 Å². The molecule has 0 amide bonds. The molecule has 2 heterocycles. The van der Waals surface area contributed by atoms with E-state index >= 15 is 0 Å². The van der Waals surface area contributed by atoms with Gasteiger partial charge in [0.25, 0.3) is 0 Å². The summed E-state index contributed by atoms with van der Waals surface area (Å²) in [5.74, 6) is -1.18. The third-order valence-electron chi connectivity index (χ3n) is 2.95. The number of nitrogens with one attached hydrogen (secondary N) is 1. The first-order valence-corrected chi connectivity index (χ1v) is 6.93. The number of hydrogen-bond donors (Lipinski definition) is 1. The van der Waals surface area contributed by atoms with Crippen LogP contribution in [0.5, 0.6) is 5.88 Å². The predicted molar refractivity (Wildman–Crippen MR) is 70.3 cm³/mol. The highest BCUT2D eigenvalue weighted by molar-refractivity contribution is 5.38. The van der Waals surface area contributed by atoms with Gasteiger partial charge in [-0.3, -0.25) is 0 Å². The molecule has 1 aromatic rings. The standard InChI is InChI=1S/C13H18F3N3O2/c1-2-5-17-10-7-11(19-12(18-10)13(14,15)16)21-8-9-4-3-6-20-9/h7,9H,2-6,8H2,1H3,(H,17,18,19). The lowest BCUT2D eigenvalue weighted by molar-refractivity contribution is -0.145. The van der Waals surface area contributed by atoms with Crippen LogP contribution >= 0.6 is 0 Å². The Hall–Kier alpha value is -1.57. The zero-order valence-corrected chi connectivity index (χ0v) is 11.7. The van der Waals surface area contributed by atoms with E-state index in [-0.39, 0.29) is 24.4 Å². The van der Waals surface area contributed by atoms with E-state index < -0.39 is 12.0 Å². The molecule has 118 valence electrons.